The topological polar surface area (TPSA) is 122 Å². The highest BCUT2D eigenvalue weighted by Crippen LogP contribution is 2.31. The van der Waals surface area contributed by atoms with E-state index < -0.39 is 10.8 Å². The molecule has 0 aliphatic carbocycles. The quantitative estimate of drug-likeness (QED) is 0.215. The number of carbonyl (C=O) groups is 1. The fraction of sp³-hybridized carbons (Fsp3) is 0. The molecule has 0 unspecified atom stereocenters. The largest absolute Gasteiger partial charge is 0.456 e. The van der Waals surface area contributed by atoms with Gasteiger partial charge < -0.3 is 9.73 Å². The average molecular weight is 410 g/mol. The maximum absolute atomic E-state index is 12.7. The van der Waals surface area contributed by atoms with E-state index in [2.05, 4.69) is 10.3 Å². The zero-order valence-electron chi connectivity index (χ0n) is 16.0. The van der Waals surface area contributed by atoms with Crippen molar-refractivity contribution in [3.8, 4) is 17.4 Å². The number of nitriles is 1. The van der Waals surface area contributed by atoms with Gasteiger partial charge in [0.05, 0.1) is 21.7 Å². The fourth-order valence-electron chi connectivity index (χ4n) is 3.10. The number of fused-ring (bicyclic) bond motifs is 1. The molecule has 0 radical (unpaired) electrons. The molecular weight excluding hydrogens is 396 g/mol. The summed E-state index contributed by atoms with van der Waals surface area (Å²) >= 11 is 0. The first-order chi connectivity index (χ1) is 15.1. The summed E-state index contributed by atoms with van der Waals surface area (Å²) in [6.07, 6.45) is 2.90. The SMILES string of the molecule is N#C/C(=C\c1ccc(-c2ccccc2[N+](=O)[O-])o1)C(=O)Nc1cccc2cccnc12. The Labute approximate surface area is 176 Å². The van der Waals surface area contributed by atoms with Crippen molar-refractivity contribution in [2.45, 2.75) is 0 Å². The summed E-state index contributed by atoms with van der Waals surface area (Å²) in [7, 11) is 0. The summed E-state index contributed by atoms with van der Waals surface area (Å²) in [5.41, 5.74) is 1.10. The van der Waals surface area contributed by atoms with Gasteiger partial charge in [0, 0.05) is 23.7 Å². The summed E-state index contributed by atoms with van der Waals surface area (Å²) < 4.78 is 5.64. The summed E-state index contributed by atoms with van der Waals surface area (Å²) in [4.78, 5) is 27.7. The third-order valence-electron chi connectivity index (χ3n) is 4.53. The predicted molar refractivity (Wildman–Crippen MR) is 115 cm³/mol. The van der Waals surface area contributed by atoms with Crippen LogP contribution in [-0.4, -0.2) is 15.8 Å². The van der Waals surface area contributed by atoms with Crippen molar-refractivity contribution in [1.29, 1.82) is 5.26 Å². The molecule has 0 spiro atoms. The zero-order chi connectivity index (χ0) is 21.8. The Morgan fingerprint density at radius 2 is 1.90 bits per heavy atom. The van der Waals surface area contributed by atoms with E-state index >= 15 is 0 Å². The minimum Gasteiger partial charge on any atom is -0.456 e. The Hall–Kier alpha value is -4.77. The number of para-hydroxylation sites is 2. The summed E-state index contributed by atoms with van der Waals surface area (Å²) in [5, 5.41) is 24.2. The van der Waals surface area contributed by atoms with Gasteiger partial charge in [0.25, 0.3) is 11.6 Å². The van der Waals surface area contributed by atoms with E-state index in [9.17, 15) is 20.2 Å². The number of nitrogens with zero attached hydrogens (tertiary/aromatic N) is 3. The van der Waals surface area contributed by atoms with Gasteiger partial charge in [-0.1, -0.05) is 30.3 Å². The molecule has 150 valence electrons. The average Bonchev–Trinajstić information content (AvgIpc) is 3.26. The molecule has 0 bridgehead atoms. The molecule has 0 fully saturated rings. The molecule has 8 heteroatoms. The molecule has 0 aliphatic heterocycles. The number of furan rings is 1. The minimum absolute atomic E-state index is 0.103. The molecule has 0 atom stereocenters. The molecule has 2 aromatic heterocycles. The van der Waals surface area contributed by atoms with Gasteiger partial charge in [-0.05, 0) is 30.3 Å². The van der Waals surface area contributed by atoms with Gasteiger partial charge >= 0.3 is 0 Å². The first-order valence-corrected chi connectivity index (χ1v) is 9.17. The van der Waals surface area contributed by atoms with Gasteiger partial charge in [-0.25, -0.2) is 0 Å². The molecule has 2 aromatic carbocycles. The Morgan fingerprint density at radius 1 is 1.10 bits per heavy atom. The monoisotopic (exact) mass is 410 g/mol. The molecule has 4 aromatic rings. The summed E-state index contributed by atoms with van der Waals surface area (Å²) in [6, 6.07) is 20.1. The van der Waals surface area contributed by atoms with Crippen molar-refractivity contribution in [2.75, 3.05) is 5.32 Å². The second-order valence-corrected chi connectivity index (χ2v) is 6.48. The van der Waals surface area contributed by atoms with Crippen LogP contribution in [-0.2, 0) is 4.79 Å². The highest BCUT2D eigenvalue weighted by Gasteiger charge is 2.18. The molecule has 2 heterocycles. The Kier molecular flexibility index (Phi) is 5.24. The Morgan fingerprint density at radius 3 is 2.71 bits per heavy atom. The molecule has 0 saturated heterocycles. The lowest BCUT2D eigenvalue weighted by molar-refractivity contribution is -0.384. The summed E-state index contributed by atoms with van der Waals surface area (Å²) in [5.74, 6) is -0.144. The predicted octanol–water partition coefficient (Wildman–Crippen LogP) is 4.95. The molecular formula is C23H14N4O4. The Balaban J connectivity index is 1.62. The molecule has 0 aliphatic rings. The molecule has 8 nitrogen and oxygen atoms in total. The van der Waals surface area contributed by atoms with Gasteiger partial charge in [-0.15, -0.1) is 0 Å². The van der Waals surface area contributed by atoms with E-state index in [1.54, 1.807) is 48.7 Å². The number of hydrogen-bond donors (Lipinski definition) is 1. The number of pyridine rings is 1. The highest BCUT2D eigenvalue weighted by molar-refractivity contribution is 6.12. The van der Waals surface area contributed by atoms with Crippen molar-refractivity contribution >= 4 is 34.3 Å². The second-order valence-electron chi connectivity index (χ2n) is 6.48. The number of nitrogens with one attached hydrogen (secondary N) is 1. The van der Waals surface area contributed by atoms with Crippen LogP contribution in [0.25, 0.3) is 28.3 Å². The third kappa shape index (κ3) is 4.02. The zero-order valence-corrected chi connectivity index (χ0v) is 16.0. The number of aromatic nitrogens is 1. The highest BCUT2D eigenvalue weighted by atomic mass is 16.6. The van der Waals surface area contributed by atoms with E-state index in [0.717, 1.165) is 5.39 Å². The first kappa shape index (κ1) is 19.5. The number of nitro benzene ring substituents is 1. The number of anilines is 1. The second kappa shape index (κ2) is 8.31. The minimum atomic E-state index is -0.621. The van der Waals surface area contributed by atoms with Crippen LogP contribution < -0.4 is 5.32 Å². The lowest BCUT2D eigenvalue weighted by atomic mass is 10.1. The smallest absolute Gasteiger partial charge is 0.280 e. The van der Waals surface area contributed by atoms with Crippen LogP contribution in [0.2, 0.25) is 0 Å². The van der Waals surface area contributed by atoms with Crippen LogP contribution in [0.1, 0.15) is 5.76 Å². The van der Waals surface area contributed by atoms with Gasteiger partial charge in [0.15, 0.2) is 0 Å². The van der Waals surface area contributed by atoms with Crippen molar-refractivity contribution < 1.29 is 14.1 Å². The number of rotatable bonds is 5. The van der Waals surface area contributed by atoms with Gasteiger partial charge in [-0.2, -0.15) is 5.26 Å². The third-order valence-corrected chi connectivity index (χ3v) is 4.53. The van der Waals surface area contributed by atoms with E-state index in [1.807, 2.05) is 18.2 Å². The van der Waals surface area contributed by atoms with Crippen LogP contribution in [0.3, 0.4) is 0 Å². The number of amides is 1. The van der Waals surface area contributed by atoms with Crippen molar-refractivity contribution in [1.82, 2.24) is 4.98 Å². The van der Waals surface area contributed by atoms with E-state index in [1.165, 1.54) is 18.2 Å². The fourth-order valence-corrected chi connectivity index (χ4v) is 3.10. The van der Waals surface area contributed by atoms with E-state index in [4.69, 9.17) is 4.42 Å². The maximum atomic E-state index is 12.7. The molecule has 1 amide bonds. The van der Waals surface area contributed by atoms with Crippen molar-refractivity contribution in [3.63, 3.8) is 0 Å². The normalized spacial score (nSPS) is 11.1. The molecule has 1 N–H and O–H groups in total. The van der Waals surface area contributed by atoms with Crippen LogP contribution in [0, 0.1) is 21.4 Å². The molecule has 4 rings (SSSR count). The van der Waals surface area contributed by atoms with E-state index in [0.29, 0.717) is 16.8 Å². The first-order valence-electron chi connectivity index (χ1n) is 9.17. The summed E-state index contributed by atoms with van der Waals surface area (Å²) in [6.45, 7) is 0. The number of benzene rings is 2. The van der Waals surface area contributed by atoms with Crippen LogP contribution in [0.4, 0.5) is 11.4 Å². The number of carbonyl (C=O) groups excluding carboxylic acids is 1. The maximum Gasteiger partial charge on any atom is 0.280 e. The molecule has 0 saturated carbocycles. The van der Waals surface area contributed by atoms with Crippen LogP contribution >= 0.6 is 0 Å². The Bertz CT molecular complexity index is 1380. The van der Waals surface area contributed by atoms with E-state index in [-0.39, 0.29) is 22.8 Å². The standard InChI is InChI=1S/C23H14N4O4/c24-14-16(23(28)26-19-8-3-5-15-6-4-12-25-22(15)19)13-17-10-11-21(31-17)18-7-1-2-9-20(18)27(29)30/h1-13H,(H,26,28)/b16-13+. The van der Waals surface area contributed by atoms with Crippen LogP contribution in [0.5, 0.6) is 0 Å². The lowest BCUT2D eigenvalue weighted by Gasteiger charge is -2.07. The van der Waals surface area contributed by atoms with Crippen LogP contribution in [0.15, 0.2) is 82.9 Å². The number of nitro groups is 1. The van der Waals surface area contributed by atoms with Crippen molar-refractivity contribution in [2.24, 2.45) is 0 Å². The van der Waals surface area contributed by atoms with Gasteiger partial charge in [0.2, 0.25) is 0 Å². The van der Waals surface area contributed by atoms with Gasteiger partial charge in [0.1, 0.15) is 23.2 Å². The van der Waals surface area contributed by atoms with Gasteiger partial charge in [-0.3, -0.25) is 19.9 Å². The van der Waals surface area contributed by atoms with Crippen molar-refractivity contribution in [3.05, 3.63) is 94.4 Å². The number of hydrogen-bond acceptors (Lipinski definition) is 6. The molecule has 31 heavy (non-hydrogen) atoms. The lowest BCUT2D eigenvalue weighted by Crippen LogP contribution is -2.13.